The third kappa shape index (κ3) is 5.78. The van der Waals surface area contributed by atoms with Gasteiger partial charge < -0.3 is 9.64 Å². The zero-order valence-corrected chi connectivity index (χ0v) is 18.7. The summed E-state index contributed by atoms with van der Waals surface area (Å²) >= 11 is 12.3. The van der Waals surface area contributed by atoms with E-state index in [1.54, 1.807) is 13.2 Å². The lowest BCUT2D eigenvalue weighted by atomic mass is 10.1. The lowest BCUT2D eigenvalue weighted by molar-refractivity contribution is 0.0745. The number of amides is 1. The van der Waals surface area contributed by atoms with Crippen molar-refractivity contribution in [1.29, 1.82) is 0 Å². The molecule has 0 bridgehead atoms. The maximum atomic E-state index is 13.3. The van der Waals surface area contributed by atoms with Crippen LogP contribution in [0.3, 0.4) is 0 Å². The first-order chi connectivity index (χ1) is 14.5. The third-order valence-electron chi connectivity index (χ3n) is 5.10. The quantitative estimate of drug-likeness (QED) is 0.401. The Kier molecular flexibility index (Phi) is 7.78. The lowest BCUT2D eigenvalue weighted by Crippen LogP contribution is -2.32. The molecule has 0 heterocycles. The maximum absolute atomic E-state index is 13.3. The molecule has 156 valence electrons. The lowest BCUT2D eigenvalue weighted by Gasteiger charge is -2.24. The second-order valence-electron chi connectivity index (χ2n) is 7.11. The summed E-state index contributed by atoms with van der Waals surface area (Å²) in [6.45, 7) is 3.15. The number of ether oxygens (including phenoxy) is 1. The van der Waals surface area contributed by atoms with Crippen LogP contribution in [-0.4, -0.2) is 24.5 Å². The highest BCUT2D eigenvalue weighted by Gasteiger charge is 2.17. The van der Waals surface area contributed by atoms with Gasteiger partial charge in [0, 0.05) is 28.7 Å². The zero-order valence-electron chi connectivity index (χ0n) is 17.2. The van der Waals surface area contributed by atoms with Crippen molar-refractivity contribution >= 4 is 29.1 Å². The van der Waals surface area contributed by atoms with Gasteiger partial charge in [-0.1, -0.05) is 60.5 Å². The zero-order chi connectivity index (χ0) is 21.5. The van der Waals surface area contributed by atoms with Crippen LogP contribution >= 0.6 is 23.2 Å². The molecule has 5 heteroatoms. The van der Waals surface area contributed by atoms with Crippen molar-refractivity contribution in [3.05, 3.63) is 99.0 Å². The van der Waals surface area contributed by atoms with Gasteiger partial charge >= 0.3 is 0 Å². The molecule has 0 N–H and O–H groups in total. The molecule has 0 radical (unpaired) electrons. The molecule has 3 aromatic carbocycles. The molecule has 0 aromatic heterocycles. The maximum Gasteiger partial charge on any atom is 0.254 e. The standard InChI is InChI=1S/C25H25Cl2NO2/c1-3-18-4-8-21(9-5-18)25(29)28(17-19-6-12-23(30-2)13-7-19)15-14-20-10-11-22(26)16-24(20)27/h4-13,16H,3,14-15,17H2,1-2H3. The van der Waals surface area contributed by atoms with Crippen molar-refractivity contribution in [3.8, 4) is 5.75 Å². The van der Waals surface area contributed by atoms with E-state index in [0.29, 0.717) is 35.1 Å². The Balaban J connectivity index is 1.81. The van der Waals surface area contributed by atoms with Crippen LogP contribution in [0.15, 0.2) is 66.7 Å². The Morgan fingerprint density at radius 1 is 0.933 bits per heavy atom. The molecule has 0 unspecified atom stereocenters. The van der Waals surface area contributed by atoms with E-state index in [1.165, 1.54) is 5.56 Å². The summed E-state index contributed by atoms with van der Waals surface area (Å²) in [5.41, 5.74) is 3.90. The first kappa shape index (κ1) is 22.2. The van der Waals surface area contributed by atoms with Gasteiger partial charge in [-0.05, 0) is 65.9 Å². The largest absolute Gasteiger partial charge is 0.497 e. The highest BCUT2D eigenvalue weighted by Crippen LogP contribution is 2.22. The van der Waals surface area contributed by atoms with Crippen LogP contribution < -0.4 is 4.74 Å². The molecule has 30 heavy (non-hydrogen) atoms. The van der Waals surface area contributed by atoms with Gasteiger partial charge in [-0.3, -0.25) is 4.79 Å². The molecule has 0 fully saturated rings. The molecule has 3 rings (SSSR count). The van der Waals surface area contributed by atoms with Crippen LogP contribution in [0.2, 0.25) is 10.0 Å². The van der Waals surface area contributed by atoms with Crippen LogP contribution in [0.5, 0.6) is 5.75 Å². The highest BCUT2D eigenvalue weighted by molar-refractivity contribution is 6.35. The van der Waals surface area contributed by atoms with E-state index in [1.807, 2.05) is 65.6 Å². The van der Waals surface area contributed by atoms with Crippen molar-refractivity contribution in [2.75, 3.05) is 13.7 Å². The molecular formula is C25H25Cl2NO2. The number of methoxy groups -OCH3 is 1. The molecule has 0 aliphatic rings. The van der Waals surface area contributed by atoms with Crippen molar-refractivity contribution < 1.29 is 9.53 Å². The second kappa shape index (κ2) is 10.5. The number of carbonyl (C=O) groups is 1. The Hall–Kier alpha value is -2.49. The van der Waals surface area contributed by atoms with E-state index < -0.39 is 0 Å². The number of carbonyl (C=O) groups excluding carboxylic acids is 1. The number of aryl methyl sites for hydroxylation is 1. The predicted octanol–water partition coefficient (Wildman–Crippen LogP) is 6.45. The van der Waals surface area contributed by atoms with E-state index >= 15 is 0 Å². The summed E-state index contributed by atoms with van der Waals surface area (Å²) in [5.74, 6) is 0.790. The molecule has 0 aliphatic heterocycles. The van der Waals surface area contributed by atoms with Gasteiger partial charge in [0.1, 0.15) is 5.75 Å². The summed E-state index contributed by atoms with van der Waals surface area (Å²) in [6, 6.07) is 21.1. The number of nitrogens with zero attached hydrogens (tertiary/aromatic N) is 1. The summed E-state index contributed by atoms with van der Waals surface area (Å²) in [7, 11) is 1.64. The Morgan fingerprint density at radius 2 is 1.60 bits per heavy atom. The minimum atomic E-state index is -0.00134. The SMILES string of the molecule is CCc1ccc(C(=O)N(CCc2ccc(Cl)cc2Cl)Cc2ccc(OC)cc2)cc1. The summed E-state index contributed by atoms with van der Waals surface area (Å²) in [6.07, 6.45) is 1.59. The Labute approximate surface area is 188 Å². The molecule has 0 spiro atoms. The molecule has 1 amide bonds. The number of hydrogen-bond donors (Lipinski definition) is 0. The third-order valence-corrected chi connectivity index (χ3v) is 5.68. The topological polar surface area (TPSA) is 29.5 Å². The van der Waals surface area contributed by atoms with Gasteiger partial charge in [0.05, 0.1) is 7.11 Å². The molecule has 0 saturated carbocycles. The molecule has 0 aliphatic carbocycles. The van der Waals surface area contributed by atoms with Crippen molar-refractivity contribution in [2.45, 2.75) is 26.3 Å². The fraction of sp³-hybridized carbons (Fsp3) is 0.240. The minimum Gasteiger partial charge on any atom is -0.497 e. The molecule has 3 aromatic rings. The Morgan fingerprint density at radius 3 is 2.20 bits per heavy atom. The fourth-order valence-corrected chi connectivity index (χ4v) is 3.75. The van der Waals surface area contributed by atoms with Crippen molar-refractivity contribution in [2.24, 2.45) is 0 Å². The average molecular weight is 442 g/mol. The minimum absolute atomic E-state index is 0.00134. The highest BCUT2D eigenvalue weighted by atomic mass is 35.5. The first-order valence-corrected chi connectivity index (χ1v) is 10.7. The van der Waals surface area contributed by atoms with Crippen molar-refractivity contribution in [1.82, 2.24) is 4.90 Å². The Bertz CT molecular complexity index is 985. The van der Waals surface area contributed by atoms with Gasteiger partial charge in [-0.2, -0.15) is 0 Å². The monoisotopic (exact) mass is 441 g/mol. The average Bonchev–Trinajstić information content (AvgIpc) is 2.77. The molecular weight excluding hydrogens is 417 g/mol. The van der Waals surface area contributed by atoms with E-state index in [9.17, 15) is 4.79 Å². The van der Waals surface area contributed by atoms with Crippen LogP contribution in [-0.2, 0) is 19.4 Å². The van der Waals surface area contributed by atoms with E-state index in [-0.39, 0.29) is 5.91 Å². The van der Waals surface area contributed by atoms with Crippen LogP contribution in [0.1, 0.15) is 34.0 Å². The second-order valence-corrected chi connectivity index (χ2v) is 7.95. The fourth-order valence-electron chi connectivity index (χ4n) is 3.25. The summed E-state index contributed by atoms with van der Waals surface area (Å²) < 4.78 is 5.23. The van der Waals surface area contributed by atoms with Gasteiger partial charge in [0.25, 0.3) is 5.91 Å². The summed E-state index contributed by atoms with van der Waals surface area (Å²) in [5, 5.41) is 1.22. The van der Waals surface area contributed by atoms with E-state index in [0.717, 1.165) is 23.3 Å². The molecule has 0 saturated heterocycles. The van der Waals surface area contributed by atoms with Gasteiger partial charge in [0.2, 0.25) is 0 Å². The van der Waals surface area contributed by atoms with Gasteiger partial charge in [-0.15, -0.1) is 0 Å². The van der Waals surface area contributed by atoms with Crippen LogP contribution in [0.4, 0.5) is 0 Å². The van der Waals surface area contributed by atoms with Gasteiger partial charge in [-0.25, -0.2) is 0 Å². The number of rotatable bonds is 8. The van der Waals surface area contributed by atoms with Crippen molar-refractivity contribution in [3.63, 3.8) is 0 Å². The predicted molar refractivity (Wildman–Crippen MR) is 124 cm³/mol. The molecule has 0 atom stereocenters. The van der Waals surface area contributed by atoms with E-state index in [4.69, 9.17) is 27.9 Å². The summed E-state index contributed by atoms with van der Waals surface area (Å²) in [4.78, 5) is 15.1. The van der Waals surface area contributed by atoms with Crippen LogP contribution in [0.25, 0.3) is 0 Å². The normalized spacial score (nSPS) is 10.7. The number of hydrogen-bond acceptors (Lipinski definition) is 2. The first-order valence-electron chi connectivity index (χ1n) is 9.95. The van der Waals surface area contributed by atoms with E-state index in [2.05, 4.69) is 6.92 Å². The number of benzene rings is 3. The van der Waals surface area contributed by atoms with Crippen LogP contribution in [0, 0.1) is 0 Å². The smallest absolute Gasteiger partial charge is 0.254 e. The number of halogens is 2. The molecule has 3 nitrogen and oxygen atoms in total. The van der Waals surface area contributed by atoms with Gasteiger partial charge in [0.15, 0.2) is 0 Å².